The summed E-state index contributed by atoms with van der Waals surface area (Å²) in [5.41, 5.74) is 8.54. The predicted molar refractivity (Wildman–Crippen MR) is 70.3 cm³/mol. The molecule has 1 atom stereocenters. The average Bonchev–Trinajstić information content (AvgIpc) is 2.74. The van der Waals surface area contributed by atoms with Crippen LogP contribution in [-0.2, 0) is 13.0 Å². The first-order chi connectivity index (χ1) is 8.72. The normalized spacial score (nSPS) is 17.7. The van der Waals surface area contributed by atoms with Crippen LogP contribution in [-0.4, -0.2) is 14.8 Å². The predicted octanol–water partition coefficient (Wildman–Crippen LogP) is 2.01. The van der Waals surface area contributed by atoms with Gasteiger partial charge in [0.05, 0.1) is 6.54 Å². The molecule has 0 radical (unpaired) electrons. The van der Waals surface area contributed by atoms with Gasteiger partial charge < -0.3 is 10.3 Å². The van der Waals surface area contributed by atoms with Crippen LogP contribution < -0.4 is 5.73 Å². The molecule has 18 heavy (non-hydrogen) atoms. The van der Waals surface area contributed by atoms with Crippen LogP contribution >= 0.6 is 0 Å². The van der Waals surface area contributed by atoms with Crippen LogP contribution in [0.2, 0.25) is 0 Å². The number of hydrogen-bond acceptors (Lipinski definition) is 3. The molecule has 2 aromatic rings. The topological polar surface area (TPSA) is 56.7 Å². The maximum absolute atomic E-state index is 5.73. The van der Waals surface area contributed by atoms with Gasteiger partial charge in [-0.25, -0.2) is 0 Å². The van der Waals surface area contributed by atoms with Gasteiger partial charge in [0.1, 0.15) is 11.6 Å². The number of nitrogens with zero attached hydrogens (tertiary/aromatic N) is 3. The standard InChI is InChI=1S/C14H18N4/c1-9(2)18-13(8-15)16-17-14(18)12-7-10-5-3-4-6-11(10)12/h3-6,9,12H,7-8,15H2,1-2H3. The molecule has 1 aromatic carbocycles. The van der Waals surface area contributed by atoms with E-state index in [0.29, 0.717) is 18.5 Å². The molecule has 1 aromatic heterocycles. The van der Waals surface area contributed by atoms with Crippen LogP contribution in [0.3, 0.4) is 0 Å². The molecule has 1 unspecified atom stereocenters. The fraction of sp³-hybridized carbons (Fsp3) is 0.429. The van der Waals surface area contributed by atoms with Crippen LogP contribution in [0.25, 0.3) is 0 Å². The Morgan fingerprint density at radius 1 is 1.33 bits per heavy atom. The third kappa shape index (κ3) is 1.56. The maximum Gasteiger partial charge on any atom is 0.147 e. The van der Waals surface area contributed by atoms with Crippen LogP contribution in [0.4, 0.5) is 0 Å². The van der Waals surface area contributed by atoms with Crippen molar-refractivity contribution in [1.82, 2.24) is 14.8 Å². The van der Waals surface area contributed by atoms with E-state index < -0.39 is 0 Å². The van der Waals surface area contributed by atoms with Gasteiger partial charge in [-0.1, -0.05) is 24.3 Å². The van der Waals surface area contributed by atoms with Gasteiger partial charge in [0.2, 0.25) is 0 Å². The molecule has 2 N–H and O–H groups in total. The van der Waals surface area contributed by atoms with E-state index in [9.17, 15) is 0 Å². The summed E-state index contributed by atoms with van der Waals surface area (Å²) in [4.78, 5) is 0. The number of benzene rings is 1. The van der Waals surface area contributed by atoms with Crippen molar-refractivity contribution in [1.29, 1.82) is 0 Å². The average molecular weight is 242 g/mol. The van der Waals surface area contributed by atoms with E-state index >= 15 is 0 Å². The molecule has 1 aliphatic rings. The first-order valence-corrected chi connectivity index (χ1v) is 6.44. The summed E-state index contributed by atoms with van der Waals surface area (Å²) in [6.45, 7) is 4.74. The number of fused-ring (bicyclic) bond motifs is 1. The first kappa shape index (κ1) is 11.4. The van der Waals surface area contributed by atoms with Crippen LogP contribution in [0.15, 0.2) is 24.3 Å². The SMILES string of the molecule is CC(C)n1c(CN)nnc1C1Cc2ccccc21. The van der Waals surface area contributed by atoms with Gasteiger partial charge in [0.15, 0.2) is 0 Å². The molecule has 4 heteroatoms. The lowest BCUT2D eigenvalue weighted by atomic mass is 9.77. The van der Waals surface area contributed by atoms with Gasteiger partial charge in [-0.15, -0.1) is 10.2 Å². The zero-order valence-electron chi connectivity index (χ0n) is 10.8. The lowest BCUT2D eigenvalue weighted by molar-refractivity contribution is 0.512. The summed E-state index contributed by atoms with van der Waals surface area (Å²) in [6, 6.07) is 8.90. The second-order valence-corrected chi connectivity index (χ2v) is 5.10. The Labute approximate surface area is 107 Å². The zero-order chi connectivity index (χ0) is 12.7. The van der Waals surface area contributed by atoms with Crippen molar-refractivity contribution in [3.8, 4) is 0 Å². The first-order valence-electron chi connectivity index (χ1n) is 6.44. The van der Waals surface area contributed by atoms with E-state index in [4.69, 9.17) is 5.73 Å². The Morgan fingerprint density at radius 2 is 2.11 bits per heavy atom. The van der Waals surface area contributed by atoms with E-state index in [1.54, 1.807) is 0 Å². The zero-order valence-corrected chi connectivity index (χ0v) is 10.8. The largest absolute Gasteiger partial charge is 0.324 e. The Morgan fingerprint density at radius 3 is 2.78 bits per heavy atom. The van der Waals surface area contributed by atoms with Gasteiger partial charge in [0.25, 0.3) is 0 Å². The smallest absolute Gasteiger partial charge is 0.147 e. The summed E-state index contributed by atoms with van der Waals surface area (Å²) in [7, 11) is 0. The van der Waals surface area contributed by atoms with Crippen molar-refractivity contribution in [2.45, 2.75) is 38.8 Å². The quantitative estimate of drug-likeness (QED) is 0.895. The molecule has 0 saturated heterocycles. The highest BCUT2D eigenvalue weighted by molar-refractivity contribution is 5.44. The molecule has 4 nitrogen and oxygen atoms in total. The molecule has 0 aliphatic heterocycles. The highest BCUT2D eigenvalue weighted by atomic mass is 15.3. The van der Waals surface area contributed by atoms with Crippen LogP contribution in [0.5, 0.6) is 0 Å². The molecule has 3 rings (SSSR count). The summed E-state index contributed by atoms with van der Waals surface area (Å²) < 4.78 is 2.18. The lowest BCUT2D eigenvalue weighted by Gasteiger charge is -2.30. The third-order valence-electron chi connectivity index (χ3n) is 3.66. The number of nitrogens with two attached hydrogens (primary N) is 1. The molecule has 0 bridgehead atoms. The van der Waals surface area contributed by atoms with Gasteiger partial charge in [-0.2, -0.15) is 0 Å². The van der Waals surface area contributed by atoms with Gasteiger partial charge in [-0.05, 0) is 31.4 Å². The molecule has 0 spiro atoms. The molecule has 1 heterocycles. The van der Waals surface area contributed by atoms with E-state index in [0.717, 1.165) is 18.1 Å². The van der Waals surface area contributed by atoms with Crippen molar-refractivity contribution in [2.24, 2.45) is 5.73 Å². The fourth-order valence-electron chi connectivity index (χ4n) is 2.77. The van der Waals surface area contributed by atoms with Crippen molar-refractivity contribution in [3.05, 3.63) is 47.0 Å². The minimum atomic E-state index is 0.348. The second-order valence-electron chi connectivity index (χ2n) is 5.10. The molecule has 0 fully saturated rings. The van der Waals surface area contributed by atoms with Gasteiger partial charge >= 0.3 is 0 Å². The highest BCUT2D eigenvalue weighted by Crippen LogP contribution is 2.39. The maximum atomic E-state index is 5.73. The second kappa shape index (κ2) is 4.21. The minimum absolute atomic E-state index is 0.348. The van der Waals surface area contributed by atoms with Crippen LogP contribution in [0, 0.1) is 0 Å². The van der Waals surface area contributed by atoms with Crippen LogP contribution in [0.1, 0.15) is 48.6 Å². The van der Waals surface area contributed by atoms with Crippen molar-refractivity contribution in [2.75, 3.05) is 0 Å². The summed E-state index contributed by atoms with van der Waals surface area (Å²) in [6.07, 6.45) is 1.06. The summed E-state index contributed by atoms with van der Waals surface area (Å²) >= 11 is 0. The molecule has 0 saturated carbocycles. The number of rotatable bonds is 3. The Hall–Kier alpha value is -1.68. The monoisotopic (exact) mass is 242 g/mol. The molecule has 0 amide bonds. The fourth-order valence-corrected chi connectivity index (χ4v) is 2.77. The lowest BCUT2D eigenvalue weighted by Crippen LogP contribution is -2.23. The molecule has 94 valence electrons. The van der Waals surface area contributed by atoms with E-state index in [1.807, 2.05) is 0 Å². The van der Waals surface area contributed by atoms with E-state index in [1.165, 1.54) is 11.1 Å². The third-order valence-corrected chi connectivity index (χ3v) is 3.66. The molecule has 1 aliphatic carbocycles. The Bertz CT molecular complexity index is 571. The molecular weight excluding hydrogens is 224 g/mol. The number of aromatic nitrogens is 3. The Balaban J connectivity index is 2.03. The van der Waals surface area contributed by atoms with Crippen molar-refractivity contribution in [3.63, 3.8) is 0 Å². The molecular formula is C14H18N4. The van der Waals surface area contributed by atoms with Crippen molar-refractivity contribution >= 4 is 0 Å². The van der Waals surface area contributed by atoms with E-state index in [2.05, 4.69) is 52.9 Å². The highest BCUT2D eigenvalue weighted by Gasteiger charge is 2.32. The number of hydrogen-bond donors (Lipinski definition) is 1. The van der Waals surface area contributed by atoms with Crippen molar-refractivity contribution < 1.29 is 0 Å². The summed E-state index contributed by atoms with van der Waals surface area (Å²) in [5.74, 6) is 2.32. The minimum Gasteiger partial charge on any atom is -0.324 e. The van der Waals surface area contributed by atoms with Gasteiger partial charge in [0, 0.05) is 12.0 Å². The van der Waals surface area contributed by atoms with E-state index in [-0.39, 0.29) is 0 Å². The Kier molecular flexibility index (Phi) is 2.67. The van der Waals surface area contributed by atoms with Gasteiger partial charge in [-0.3, -0.25) is 0 Å². The summed E-state index contributed by atoms with van der Waals surface area (Å²) in [5, 5.41) is 8.58.